The minimum atomic E-state index is 0.705. The summed E-state index contributed by atoms with van der Waals surface area (Å²) in [6, 6.07) is 10.5. The molecule has 1 aliphatic carbocycles. The largest absolute Gasteiger partial charge is 0.316 e. The highest BCUT2D eigenvalue weighted by Crippen LogP contribution is 2.26. The topological polar surface area (TPSA) is 15.3 Å². The van der Waals surface area contributed by atoms with E-state index in [9.17, 15) is 0 Å². The third kappa shape index (κ3) is 2.45. The Bertz CT molecular complexity index is 402. The molecule has 2 nitrogen and oxygen atoms in total. The predicted octanol–water partition coefficient (Wildman–Crippen LogP) is 2.23. The maximum absolute atomic E-state index is 3.45. The van der Waals surface area contributed by atoms with E-state index in [1.807, 2.05) is 0 Å². The molecule has 0 radical (unpaired) electrons. The Morgan fingerprint density at radius 1 is 1.17 bits per heavy atom. The maximum atomic E-state index is 3.45. The Morgan fingerprint density at radius 3 is 2.83 bits per heavy atom. The van der Waals surface area contributed by atoms with E-state index in [4.69, 9.17) is 0 Å². The molecular formula is C16H24N2. The summed E-state index contributed by atoms with van der Waals surface area (Å²) in [6.07, 6.45) is 6.56. The molecule has 0 amide bonds. The van der Waals surface area contributed by atoms with Crippen molar-refractivity contribution in [1.82, 2.24) is 10.2 Å². The second kappa shape index (κ2) is 5.41. The van der Waals surface area contributed by atoms with Gasteiger partial charge in [0.1, 0.15) is 0 Å². The van der Waals surface area contributed by atoms with Gasteiger partial charge in [0.2, 0.25) is 0 Å². The van der Waals surface area contributed by atoms with Crippen molar-refractivity contribution in [3.63, 3.8) is 0 Å². The summed E-state index contributed by atoms with van der Waals surface area (Å²) in [5.74, 6) is 0. The summed E-state index contributed by atoms with van der Waals surface area (Å²) >= 11 is 0. The Kier molecular flexibility index (Phi) is 3.67. The van der Waals surface area contributed by atoms with Gasteiger partial charge in [-0.3, -0.25) is 4.90 Å². The quantitative estimate of drug-likeness (QED) is 0.858. The summed E-state index contributed by atoms with van der Waals surface area (Å²) in [5.41, 5.74) is 3.16. The Morgan fingerprint density at radius 2 is 2.00 bits per heavy atom. The van der Waals surface area contributed by atoms with Gasteiger partial charge in [-0.25, -0.2) is 0 Å². The van der Waals surface area contributed by atoms with Gasteiger partial charge in [-0.1, -0.05) is 24.3 Å². The molecule has 98 valence electrons. The van der Waals surface area contributed by atoms with Gasteiger partial charge in [-0.15, -0.1) is 0 Å². The van der Waals surface area contributed by atoms with E-state index in [0.717, 1.165) is 6.04 Å². The third-order valence-corrected chi connectivity index (χ3v) is 4.70. The average molecular weight is 244 g/mol. The normalized spacial score (nSPS) is 28.9. The molecule has 1 fully saturated rings. The molecule has 1 aromatic rings. The van der Waals surface area contributed by atoms with Crippen LogP contribution in [0.1, 0.15) is 30.4 Å². The molecule has 1 aliphatic heterocycles. The maximum Gasteiger partial charge on any atom is 0.0192 e. The van der Waals surface area contributed by atoms with Crippen molar-refractivity contribution in [2.75, 3.05) is 20.1 Å². The molecule has 2 atom stereocenters. The fourth-order valence-corrected chi connectivity index (χ4v) is 3.56. The minimum absolute atomic E-state index is 0.705. The number of nitrogens with zero attached hydrogens (tertiary/aromatic N) is 1. The number of fused-ring (bicyclic) bond motifs is 1. The van der Waals surface area contributed by atoms with Crippen molar-refractivity contribution in [3.05, 3.63) is 35.4 Å². The lowest BCUT2D eigenvalue weighted by Crippen LogP contribution is -2.50. The number of rotatable bonds is 2. The van der Waals surface area contributed by atoms with Crippen LogP contribution >= 0.6 is 0 Å². The first-order valence-electron chi connectivity index (χ1n) is 7.35. The number of aryl methyl sites for hydroxylation is 1. The van der Waals surface area contributed by atoms with Crippen LogP contribution in [0.2, 0.25) is 0 Å². The molecule has 1 heterocycles. The number of likely N-dealkylation sites (N-methyl/N-ethyl adjacent to an activating group) is 1. The number of hydrogen-bond donors (Lipinski definition) is 1. The SMILES string of the molecule is CNC1CCCN(C2CCc3ccccc3C2)C1. The number of benzene rings is 1. The zero-order valence-electron chi connectivity index (χ0n) is 11.4. The lowest BCUT2D eigenvalue weighted by Gasteiger charge is -2.40. The van der Waals surface area contributed by atoms with Gasteiger partial charge in [0, 0.05) is 18.6 Å². The molecule has 0 aromatic heterocycles. The van der Waals surface area contributed by atoms with Crippen LogP contribution in [-0.4, -0.2) is 37.1 Å². The molecule has 0 spiro atoms. The molecule has 1 saturated heterocycles. The highest BCUT2D eigenvalue weighted by Gasteiger charge is 2.27. The molecule has 1 aromatic carbocycles. The number of nitrogens with one attached hydrogen (secondary N) is 1. The molecule has 1 N–H and O–H groups in total. The predicted molar refractivity (Wildman–Crippen MR) is 75.9 cm³/mol. The summed E-state index contributed by atoms with van der Waals surface area (Å²) in [4.78, 5) is 2.72. The first kappa shape index (κ1) is 12.2. The number of likely N-dealkylation sites (tertiary alicyclic amines) is 1. The molecule has 3 rings (SSSR count). The van der Waals surface area contributed by atoms with Crippen molar-refractivity contribution < 1.29 is 0 Å². The van der Waals surface area contributed by atoms with Gasteiger partial charge in [0.05, 0.1) is 0 Å². The highest BCUT2D eigenvalue weighted by atomic mass is 15.2. The van der Waals surface area contributed by atoms with Crippen molar-refractivity contribution in [2.24, 2.45) is 0 Å². The monoisotopic (exact) mass is 244 g/mol. The van der Waals surface area contributed by atoms with E-state index in [1.54, 1.807) is 11.1 Å². The van der Waals surface area contributed by atoms with Gasteiger partial charge in [-0.05, 0) is 56.8 Å². The summed E-state index contributed by atoms with van der Waals surface area (Å²) in [6.45, 7) is 2.54. The van der Waals surface area contributed by atoms with E-state index in [-0.39, 0.29) is 0 Å². The first-order chi connectivity index (χ1) is 8.86. The van der Waals surface area contributed by atoms with Crippen molar-refractivity contribution in [3.8, 4) is 0 Å². The Hall–Kier alpha value is -0.860. The van der Waals surface area contributed by atoms with Crippen LogP contribution in [0.4, 0.5) is 0 Å². The van der Waals surface area contributed by atoms with Crippen LogP contribution < -0.4 is 5.32 Å². The highest BCUT2D eigenvalue weighted by molar-refractivity contribution is 5.30. The van der Waals surface area contributed by atoms with E-state index in [1.165, 1.54) is 45.2 Å². The van der Waals surface area contributed by atoms with E-state index >= 15 is 0 Å². The van der Waals surface area contributed by atoms with Crippen molar-refractivity contribution >= 4 is 0 Å². The molecule has 0 saturated carbocycles. The first-order valence-corrected chi connectivity index (χ1v) is 7.35. The molecule has 2 unspecified atom stereocenters. The molecule has 18 heavy (non-hydrogen) atoms. The second-order valence-corrected chi connectivity index (χ2v) is 5.79. The van der Waals surface area contributed by atoms with Gasteiger partial charge >= 0.3 is 0 Å². The average Bonchev–Trinajstić information content (AvgIpc) is 2.47. The number of piperidine rings is 1. The summed E-state index contributed by atoms with van der Waals surface area (Å²) in [5, 5.41) is 3.45. The van der Waals surface area contributed by atoms with Crippen LogP contribution in [0.15, 0.2) is 24.3 Å². The zero-order chi connectivity index (χ0) is 12.4. The smallest absolute Gasteiger partial charge is 0.0192 e. The van der Waals surface area contributed by atoms with Gasteiger partial charge in [0.15, 0.2) is 0 Å². The number of hydrogen-bond acceptors (Lipinski definition) is 2. The van der Waals surface area contributed by atoms with Crippen LogP contribution in [-0.2, 0) is 12.8 Å². The Balaban J connectivity index is 1.68. The van der Waals surface area contributed by atoms with Gasteiger partial charge < -0.3 is 5.32 Å². The lowest BCUT2D eigenvalue weighted by molar-refractivity contribution is 0.128. The standard InChI is InChI=1S/C16H24N2/c1-17-15-7-4-10-18(12-15)16-9-8-13-5-2-3-6-14(13)11-16/h2-3,5-6,15-17H,4,7-12H2,1H3. The molecule has 0 bridgehead atoms. The van der Waals surface area contributed by atoms with E-state index < -0.39 is 0 Å². The van der Waals surface area contributed by atoms with Gasteiger partial charge in [-0.2, -0.15) is 0 Å². The second-order valence-electron chi connectivity index (χ2n) is 5.79. The van der Waals surface area contributed by atoms with E-state index in [0.29, 0.717) is 6.04 Å². The van der Waals surface area contributed by atoms with Gasteiger partial charge in [0.25, 0.3) is 0 Å². The van der Waals surface area contributed by atoms with E-state index in [2.05, 4.69) is 41.5 Å². The van der Waals surface area contributed by atoms with Crippen LogP contribution in [0, 0.1) is 0 Å². The molecular weight excluding hydrogens is 220 g/mol. The molecule has 2 aliphatic rings. The summed E-state index contributed by atoms with van der Waals surface area (Å²) in [7, 11) is 2.10. The third-order valence-electron chi connectivity index (χ3n) is 4.70. The lowest BCUT2D eigenvalue weighted by atomic mass is 9.86. The fourth-order valence-electron chi connectivity index (χ4n) is 3.56. The fraction of sp³-hybridized carbons (Fsp3) is 0.625. The van der Waals surface area contributed by atoms with Crippen LogP contribution in [0.5, 0.6) is 0 Å². The zero-order valence-corrected chi connectivity index (χ0v) is 11.4. The van der Waals surface area contributed by atoms with Crippen LogP contribution in [0.3, 0.4) is 0 Å². The molecule has 2 heteroatoms. The van der Waals surface area contributed by atoms with Crippen LogP contribution in [0.25, 0.3) is 0 Å². The summed E-state index contributed by atoms with van der Waals surface area (Å²) < 4.78 is 0. The van der Waals surface area contributed by atoms with Crippen molar-refractivity contribution in [2.45, 2.75) is 44.2 Å². The van der Waals surface area contributed by atoms with Crippen molar-refractivity contribution in [1.29, 1.82) is 0 Å². The minimum Gasteiger partial charge on any atom is -0.316 e. The Labute approximate surface area is 110 Å².